The van der Waals surface area contributed by atoms with E-state index in [4.69, 9.17) is 4.74 Å². The molecule has 2 aromatic carbocycles. The van der Waals surface area contributed by atoms with Crippen LogP contribution in [0.5, 0.6) is 5.75 Å². The maximum Gasteiger partial charge on any atom is 0.271 e. The van der Waals surface area contributed by atoms with E-state index in [1.165, 1.54) is 23.3 Å². The van der Waals surface area contributed by atoms with Gasteiger partial charge in [0.15, 0.2) is 6.61 Å². The number of nitro groups is 1. The van der Waals surface area contributed by atoms with Gasteiger partial charge in [-0.25, -0.2) is 0 Å². The van der Waals surface area contributed by atoms with Crippen molar-refractivity contribution in [1.82, 2.24) is 0 Å². The molecule has 1 aliphatic rings. The lowest BCUT2D eigenvalue weighted by atomic mass is 10.1. The molecule has 0 unspecified atom stereocenters. The molecule has 0 saturated heterocycles. The summed E-state index contributed by atoms with van der Waals surface area (Å²) >= 11 is 0. The normalized spacial score (nSPS) is 12.5. The minimum atomic E-state index is -0.490. The van der Waals surface area contributed by atoms with Gasteiger partial charge in [0.1, 0.15) is 5.75 Å². The minimum Gasteiger partial charge on any atom is -0.484 e. The molecule has 0 aromatic heterocycles. The van der Waals surface area contributed by atoms with Crippen LogP contribution in [0.4, 0.5) is 11.4 Å². The molecule has 0 atom stereocenters. The number of carbonyl (C=O) groups is 1. The first-order valence-electron chi connectivity index (χ1n) is 7.82. The average Bonchev–Trinajstić information content (AvgIpc) is 3.02. The zero-order valence-corrected chi connectivity index (χ0v) is 13.4. The van der Waals surface area contributed by atoms with Crippen LogP contribution in [0.2, 0.25) is 0 Å². The lowest BCUT2D eigenvalue weighted by Gasteiger charge is -2.10. The van der Waals surface area contributed by atoms with E-state index in [0.717, 1.165) is 24.8 Å². The highest BCUT2D eigenvalue weighted by Crippen LogP contribution is 2.26. The third-order valence-corrected chi connectivity index (χ3v) is 4.15. The highest BCUT2D eigenvalue weighted by atomic mass is 16.6. The van der Waals surface area contributed by atoms with Crippen molar-refractivity contribution in [3.63, 3.8) is 0 Å². The fourth-order valence-corrected chi connectivity index (χ4v) is 2.83. The Hall–Kier alpha value is -2.89. The Bertz CT molecular complexity index is 802. The van der Waals surface area contributed by atoms with Gasteiger partial charge in [0.2, 0.25) is 0 Å². The number of anilines is 1. The summed E-state index contributed by atoms with van der Waals surface area (Å²) in [7, 11) is 0. The average molecular weight is 326 g/mol. The molecule has 0 radical (unpaired) electrons. The van der Waals surface area contributed by atoms with Gasteiger partial charge in [-0.05, 0) is 55.0 Å². The van der Waals surface area contributed by atoms with Gasteiger partial charge >= 0.3 is 0 Å². The third-order valence-electron chi connectivity index (χ3n) is 4.15. The van der Waals surface area contributed by atoms with E-state index in [1.807, 2.05) is 18.2 Å². The highest BCUT2D eigenvalue weighted by molar-refractivity contribution is 5.93. The Morgan fingerprint density at radius 1 is 1.21 bits per heavy atom. The van der Waals surface area contributed by atoms with Crippen molar-refractivity contribution < 1.29 is 14.5 Å². The van der Waals surface area contributed by atoms with E-state index in [-0.39, 0.29) is 18.2 Å². The molecule has 124 valence electrons. The predicted molar refractivity (Wildman–Crippen MR) is 90.4 cm³/mol. The van der Waals surface area contributed by atoms with Gasteiger partial charge in [-0.1, -0.05) is 12.1 Å². The van der Waals surface area contributed by atoms with Gasteiger partial charge < -0.3 is 10.1 Å². The van der Waals surface area contributed by atoms with E-state index in [2.05, 4.69) is 5.32 Å². The Labute approximate surface area is 139 Å². The van der Waals surface area contributed by atoms with Crippen LogP contribution in [-0.2, 0) is 17.6 Å². The standard InChI is InChI=1S/C18H18N2O4/c1-12-5-7-15(20(22)23)10-17(12)19-18(21)11-24-16-8-6-13-3-2-4-14(13)9-16/h5-10H,2-4,11H2,1H3,(H,19,21). The Balaban J connectivity index is 1.62. The second-order valence-electron chi connectivity index (χ2n) is 5.88. The van der Waals surface area contributed by atoms with E-state index in [9.17, 15) is 14.9 Å². The summed E-state index contributed by atoms with van der Waals surface area (Å²) in [6, 6.07) is 10.3. The predicted octanol–water partition coefficient (Wildman–Crippen LogP) is 3.41. The maximum atomic E-state index is 12.0. The monoisotopic (exact) mass is 326 g/mol. The molecule has 0 aliphatic heterocycles. The van der Waals surface area contributed by atoms with Crippen molar-refractivity contribution in [2.45, 2.75) is 26.2 Å². The van der Waals surface area contributed by atoms with Crippen LogP contribution in [0.25, 0.3) is 0 Å². The first-order chi connectivity index (χ1) is 11.5. The lowest BCUT2D eigenvalue weighted by Crippen LogP contribution is -2.20. The summed E-state index contributed by atoms with van der Waals surface area (Å²) in [6.07, 6.45) is 3.30. The second kappa shape index (κ2) is 6.70. The number of nitrogens with one attached hydrogen (secondary N) is 1. The molecular weight excluding hydrogens is 308 g/mol. The molecule has 1 amide bonds. The molecule has 6 heteroatoms. The summed E-state index contributed by atoms with van der Waals surface area (Å²) in [4.78, 5) is 22.4. The summed E-state index contributed by atoms with van der Waals surface area (Å²) in [5.41, 5.74) is 3.75. The van der Waals surface area contributed by atoms with Gasteiger partial charge in [-0.15, -0.1) is 0 Å². The number of nitrogens with zero attached hydrogens (tertiary/aromatic N) is 1. The van der Waals surface area contributed by atoms with Gasteiger partial charge in [-0.3, -0.25) is 14.9 Å². The van der Waals surface area contributed by atoms with Crippen LogP contribution in [0, 0.1) is 17.0 Å². The zero-order chi connectivity index (χ0) is 17.1. The Morgan fingerprint density at radius 2 is 2.00 bits per heavy atom. The molecule has 0 saturated carbocycles. The number of carbonyl (C=O) groups excluding carboxylic acids is 1. The smallest absolute Gasteiger partial charge is 0.271 e. The second-order valence-corrected chi connectivity index (χ2v) is 5.88. The largest absolute Gasteiger partial charge is 0.484 e. The van der Waals surface area contributed by atoms with Gasteiger partial charge in [0, 0.05) is 12.1 Å². The number of amides is 1. The summed E-state index contributed by atoms with van der Waals surface area (Å²) < 4.78 is 5.54. The van der Waals surface area contributed by atoms with Crippen molar-refractivity contribution in [1.29, 1.82) is 0 Å². The molecule has 3 rings (SSSR count). The number of hydrogen-bond donors (Lipinski definition) is 1. The van der Waals surface area contributed by atoms with E-state index in [0.29, 0.717) is 11.4 Å². The lowest BCUT2D eigenvalue weighted by molar-refractivity contribution is -0.384. The Morgan fingerprint density at radius 3 is 2.79 bits per heavy atom. The topological polar surface area (TPSA) is 81.5 Å². The third kappa shape index (κ3) is 3.53. The van der Waals surface area contributed by atoms with Crippen LogP contribution >= 0.6 is 0 Å². The van der Waals surface area contributed by atoms with Crippen LogP contribution in [0.15, 0.2) is 36.4 Å². The van der Waals surface area contributed by atoms with Gasteiger partial charge in [0.05, 0.1) is 10.6 Å². The molecular formula is C18H18N2O4. The van der Waals surface area contributed by atoms with Crippen LogP contribution in [0.1, 0.15) is 23.1 Å². The molecule has 2 aromatic rings. The van der Waals surface area contributed by atoms with Crippen LogP contribution in [-0.4, -0.2) is 17.4 Å². The van der Waals surface area contributed by atoms with Crippen molar-refractivity contribution in [3.05, 3.63) is 63.2 Å². The first-order valence-corrected chi connectivity index (χ1v) is 7.82. The van der Waals surface area contributed by atoms with Crippen molar-refractivity contribution in [3.8, 4) is 5.75 Å². The van der Waals surface area contributed by atoms with Crippen molar-refractivity contribution in [2.75, 3.05) is 11.9 Å². The van der Waals surface area contributed by atoms with Crippen LogP contribution in [0.3, 0.4) is 0 Å². The number of nitro benzene ring substituents is 1. The van der Waals surface area contributed by atoms with Gasteiger partial charge in [-0.2, -0.15) is 0 Å². The number of ether oxygens (including phenoxy) is 1. The number of hydrogen-bond acceptors (Lipinski definition) is 4. The molecule has 1 N–H and O–H groups in total. The fraction of sp³-hybridized carbons (Fsp3) is 0.278. The summed E-state index contributed by atoms with van der Waals surface area (Å²) in [5, 5.41) is 13.5. The minimum absolute atomic E-state index is 0.0598. The van der Waals surface area contributed by atoms with Crippen LogP contribution < -0.4 is 10.1 Å². The van der Waals surface area contributed by atoms with E-state index >= 15 is 0 Å². The molecule has 0 bridgehead atoms. The summed E-state index contributed by atoms with van der Waals surface area (Å²) in [6.45, 7) is 1.64. The van der Waals surface area contributed by atoms with Crippen molar-refractivity contribution >= 4 is 17.3 Å². The number of benzene rings is 2. The van der Waals surface area contributed by atoms with E-state index < -0.39 is 4.92 Å². The fourth-order valence-electron chi connectivity index (χ4n) is 2.83. The SMILES string of the molecule is Cc1ccc([N+](=O)[O-])cc1NC(=O)COc1ccc2c(c1)CCC2. The number of rotatable bonds is 5. The summed E-state index contributed by atoms with van der Waals surface area (Å²) in [5.74, 6) is 0.320. The first kappa shape index (κ1) is 16.0. The van der Waals surface area contributed by atoms with Crippen molar-refractivity contribution in [2.24, 2.45) is 0 Å². The highest BCUT2D eigenvalue weighted by Gasteiger charge is 2.13. The maximum absolute atomic E-state index is 12.0. The molecule has 1 aliphatic carbocycles. The molecule has 6 nitrogen and oxygen atoms in total. The number of aryl methyl sites for hydroxylation is 3. The number of fused-ring (bicyclic) bond motifs is 1. The Kier molecular flexibility index (Phi) is 4.46. The molecule has 0 fully saturated rings. The molecule has 0 heterocycles. The number of non-ortho nitro benzene ring substituents is 1. The molecule has 0 spiro atoms. The molecule has 24 heavy (non-hydrogen) atoms. The van der Waals surface area contributed by atoms with Gasteiger partial charge in [0.25, 0.3) is 11.6 Å². The quantitative estimate of drug-likeness (QED) is 0.674. The van der Waals surface area contributed by atoms with E-state index in [1.54, 1.807) is 13.0 Å². The zero-order valence-electron chi connectivity index (χ0n) is 13.4.